The normalized spacial score (nSPS) is 11.9. The maximum absolute atomic E-state index is 11.3. The third-order valence-corrected chi connectivity index (χ3v) is 2.66. The third-order valence-electron chi connectivity index (χ3n) is 2.66. The lowest BCUT2D eigenvalue weighted by molar-refractivity contribution is -0.129. The molecule has 0 saturated heterocycles. The fourth-order valence-corrected chi connectivity index (χ4v) is 0.860. The molecule has 13 heavy (non-hydrogen) atoms. The zero-order chi connectivity index (χ0) is 10.6. The maximum atomic E-state index is 11.3. The van der Waals surface area contributed by atoms with Gasteiger partial charge in [0.1, 0.15) is 0 Å². The molecule has 0 N–H and O–H groups in total. The van der Waals surface area contributed by atoms with Gasteiger partial charge in [0.2, 0.25) is 5.91 Å². The summed E-state index contributed by atoms with van der Waals surface area (Å²) in [6, 6.07) is 0. The summed E-state index contributed by atoms with van der Waals surface area (Å²) in [7, 11) is 7.68. The van der Waals surface area contributed by atoms with Gasteiger partial charge in [0, 0.05) is 26.1 Å². The second-order valence-corrected chi connectivity index (χ2v) is 4.50. The van der Waals surface area contributed by atoms with Crippen LogP contribution in [0.15, 0.2) is 0 Å². The van der Waals surface area contributed by atoms with Crippen LogP contribution in [0.5, 0.6) is 0 Å². The molecule has 0 bridgehead atoms. The zero-order valence-corrected chi connectivity index (χ0v) is 9.72. The smallest absolute Gasteiger partial charge is 0.222 e. The third kappa shape index (κ3) is 4.27. The minimum absolute atomic E-state index is 0.103. The Hall–Kier alpha value is -0.570. The van der Waals surface area contributed by atoms with Crippen molar-refractivity contribution in [3.8, 4) is 0 Å². The number of amides is 1. The van der Waals surface area contributed by atoms with Gasteiger partial charge in [0.25, 0.3) is 0 Å². The Morgan fingerprint density at radius 2 is 1.62 bits per heavy atom. The molecule has 0 atom stereocenters. The molecular formula is C10H22N2O. The summed E-state index contributed by atoms with van der Waals surface area (Å²) in [6.45, 7) is 4.30. The van der Waals surface area contributed by atoms with Gasteiger partial charge in [-0.1, -0.05) is 0 Å². The van der Waals surface area contributed by atoms with Gasteiger partial charge in [-0.05, 0) is 34.4 Å². The highest BCUT2D eigenvalue weighted by molar-refractivity contribution is 5.75. The fraction of sp³-hybridized carbons (Fsp3) is 0.900. The van der Waals surface area contributed by atoms with Gasteiger partial charge in [-0.3, -0.25) is 4.79 Å². The zero-order valence-electron chi connectivity index (χ0n) is 9.72. The van der Waals surface area contributed by atoms with E-state index >= 15 is 0 Å². The SMILES string of the molecule is CN(C)C(=O)CCC(C)(C)N(C)C. The van der Waals surface area contributed by atoms with E-state index < -0.39 is 0 Å². The predicted octanol–water partition coefficient (Wildman–Crippen LogP) is 1.19. The monoisotopic (exact) mass is 186 g/mol. The molecule has 0 spiro atoms. The molecule has 1 amide bonds. The average Bonchev–Trinajstić information content (AvgIpc) is 1.99. The van der Waals surface area contributed by atoms with E-state index in [4.69, 9.17) is 0 Å². The van der Waals surface area contributed by atoms with Crippen molar-refractivity contribution in [1.29, 1.82) is 0 Å². The highest BCUT2D eigenvalue weighted by atomic mass is 16.2. The van der Waals surface area contributed by atoms with E-state index in [0.29, 0.717) is 6.42 Å². The van der Waals surface area contributed by atoms with E-state index in [1.807, 2.05) is 14.1 Å². The number of carbonyl (C=O) groups excluding carboxylic acids is 1. The van der Waals surface area contributed by atoms with Crippen molar-refractivity contribution in [2.45, 2.75) is 32.2 Å². The second-order valence-electron chi connectivity index (χ2n) is 4.50. The van der Waals surface area contributed by atoms with Crippen molar-refractivity contribution in [3.63, 3.8) is 0 Å². The van der Waals surface area contributed by atoms with Gasteiger partial charge in [-0.15, -0.1) is 0 Å². The molecule has 0 radical (unpaired) electrons. The van der Waals surface area contributed by atoms with Gasteiger partial charge in [0.15, 0.2) is 0 Å². The number of hydrogen-bond donors (Lipinski definition) is 0. The van der Waals surface area contributed by atoms with E-state index in [9.17, 15) is 4.79 Å². The highest BCUT2D eigenvalue weighted by Crippen LogP contribution is 2.17. The molecule has 3 nitrogen and oxygen atoms in total. The van der Waals surface area contributed by atoms with Crippen LogP contribution in [0, 0.1) is 0 Å². The first kappa shape index (κ1) is 12.4. The molecular weight excluding hydrogens is 164 g/mol. The Kier molecular flexibility index (Phi) is 4.40. The second kappa shape index (κ2) is 4.61. The van der Waals surface area contributed by atoms with Crippen LogP contribution >= 0.6 is 0 Å². The quantitative estimate of drug-likeness (QED) is 0.658. The average molecular weight is 186 g/mol. The molecule has 0 saturated carbocycles. The Labute approximate surface area is 81.7 Å². The van der Waals surface area contributed by atoms with Crippen molar-refractivity contribution >= 4 is 5.91 Å². The number of hydrogen-bond acceptors (Lipinski definition) is 2. The lowest BCUT2D eigenvalue weighted by atomic mass is 9.97. The van der Waals surface area contributed by atoms with Crippen molar-refractivity contribution in [3.05, 3.63) is 0 Å². The van der Waals surface area contributed by atoms with Gasteiger partial charge in [0.05, 0.1) is 0 Å². The van der Waals surface area contributed by atoms with Gasteiger partial charge in [-0.25, -0.2) is 0 Å². The summed E-state index contributed by atoms with van der Waals surface area (Å²) in [5, 5.41) is 0. The summed E-state index contributed by atoms with van der Waals surface area (Å²) >= 11 is 0. The Balaban J connectivity index is 3.95. The summed E-state index contributed by atoms with van der Waals surface area (Å²) in [6.07, 6.45) is 1.52. The van der Waals surface area contributed by atoms with Gasteiger partial charge in [-0.2, -0.15) is 0 Å². The van der Waals surface area contributed by atoms with Crippen LogP contribution in [-0.4, -0.2) is 49.4 Å². The number of rotatable bonds is 4. The molecule has 0 aromatic carbocycles. The van der Waals surface area contributed by atoms with Crippen molar-refractivity contribution < 1.29 is 4.79 Å². The highest BCUT2D eigenvalue weighted by Gasteiger charge is 2.21. The summed E-state index contributed by atoms with van der Waals surface area (Å²) in [4.78, 5) is 15.1. The van der Waals surface area contributed by atoms with Crippen LogP contribution < -0.4 is 0 Å². The Morgan fingerprint density at radius 3 is 1.92 bits per heavy atom. The van der Waals surface area contributed by atoms with Crippen molar-refractivity contribution in [1.82, 2.24) is 9.80 Å². The Morgan fingerprint density at radius 1 is 1.15 bits per heavy atom. The molecule has 0 aliphatic carbocycles. The molecule has 0 rings (SSSR count). The van der Waals surface area contributed by atoms with E-state index in [0.717, 1.165) is 6.42 Å². The molecule has 0 aromatic rings. The summed E-state index contributed by atoms with van der Waals surface area (Å²) in [5.41, 5.74) is 0.103. The van der Waals surface area contributed by atoms with Gasteiger partial charge < -0.3 is 9.80 Å². The lowest BCUT2D eigenvalue weighted by Crippen LogP contribution is -2.39. The van der Waals surface area contributed by atoms with Crippen LogP contribution in [-0.2, 0) is 4.79 Å². The topological polar surface area (TPSA) is 23.6 Å². The summed E-state index contributed by atoms with van der Waals surface area (Å²) < 4.78 is 0. The Bertz CT molecular complexity index is 174. The molecule has 0 aromatic heterocycles. The van der Waals surface area contributed by atoms with Crippen LogP contribution in [0.2, 0.25) is 0 Å². The predicted molar refractivity (Wildman–Crippen MR) is 55.7 cm³/mol. The van der Waals surface area contributed by atoms with E-state index in [-0.39, 0.29) is 11.4 Å². The first-order valence-electron chi connectivity index (χ1n) is 4.65. The van der Waals surface area contributed by atoms with Gasteiger partial charge >= 0.3 is 0 Å². The first-order valence-corrected chi connectivity index (χ1v) is 4.65. The lowest BCUT2D eigenvalue weighted by Gasteiger charge is -2.32. The minimum Gasteiger partial charge on any atom is -0.349 e. The molecule has 0 aliphatic heterocycles. The standard InChI is InChI=1S/C10H22N2O/c1-10(2,12(5)6)8-7-9(13)11(3)4/h7-8H2,1-6H3. The van der Waals surface area contributed by atoms with E-state index in [2.05, 4.69) is 18.7 Å². The molecule has 0 heterocycles. The maximum Gasteiger partial charge on any atom is 0.222 e. The molecule has 0 unspecified atom stereocenters. The van der Waals surface area contributed by atoms with Crippen LogP contribution in [0.25, 0.3) is 0 Å². The van der Waals surface area contributed by atoms with E-state index in [1.54, 1.807) is 19.0 Å². The number of carbonyl (C=O) groups is 1. The fourth-order valence-electron chi connectivity index (χ4n) is 0.860. The number of nitrogens with zero attached hydrogens (tertiary/aromatic N) is 2. The summed E-state index contributed by atoms with van der Waals surface area (Å²) in [5.74, 6) is 0.204. The van der Waals surface area contributed by atoms with Crippen LogP contribution in [0.4, 0.5) is 0 Å². The van der Waals surface area contributed by atoms with E-state index in [1.165, 1.54) is 0 Å². The van der Waals surface area contributed by atoms with Crippen LogP contribution in [0.1, 0.15) is 26.7 Å². The first-order chi connectivity index (χ1) is 5.77. The minimum atomic E-state index is 0.103. The van der Waals surface area contributed by atoms with Crippen molar-refractivity contribution in [2.24, 2.45) is 0 Å². The molecule has 3 heteroatoms. The molecule has 78 valence electrons. The molecule has 0 aliphatic rings. The van der Waals surface area contributed by atoms with Crippen molar-refractivity contribution in [2.75, 3.05) is 28.2 Å². The molecule has 0 fully saturated rings. The largest absolute Gasteiger partial charge is 0.349 e. The van der Waals surface area contributed by atoms with Crippen LogP contribution in [0.3, 0.4) is 0 Å².